The predicted octanol–water partition coefficient (Wildman–Crippen LogP) is -1.44. The maximum atomic E-state index is 13.1. The van der Waals surface area contributed by atoms with Crippen molar-refractivity contribution in [1.29, 1.82) is 0 Å². The molecule has 0 bridgehead atoms. The Morgan fingerprint density at radius 1 is 1.11 bits per heavy atom. The number of esters is 1. The van der Waals surface area contributed by atoms with Gasteiger partial charge in [0.05, 0.1) is 19.3 Å². The first-order valence-electron chi connectivity index (χ1n) is 11.3. The van der Waals surface area contributed by atoms with E-state index in [1.807, 2.05) is 0 Å². The lowest BCUT2D eigenvalue weighted by Gasteiger charge is -2.23. The van der Waals surface area contributed by atoms with E-state index < -0.39 is 70.6 Å². The molecular weight excluding hydrogens is 530 g/mol. The maximum absolute atomic E-state index is 13.1. The zero-order valence-corrected chi connectivity index (χ0v) is 20.7. The molecule has 0 spiro atoms. The van der Waals surface area contributed by atoms with Gasteiger partial charge in [-0.05, 0) is 10.8 Å². The van der Waals surface area contributed by atoms with Crippen LogP contribution in [0.3, 0.4) is 0 Å². The number of benzene rings is 1. The summed E-state index contributed by atoms with van der Waals surface area (Å²) in [7, 11) is -3.89. The van der Waals surface area contributed by atoms with Gasteiger partial charge in [-0.1, -0.05) is 30.3 Å². The van der Waals surface area contributed by atoms with E-state index >= 15 is 0 Å². The molecule has 16 nitrogen and oxygen atoms in total. The average molecular weight is 554 g/mol. The molecule has 3 aliphatic rings. The van der Waals surface area contributed by atoms with Crippen LogP contribution in [0.1, 0.15) is 24.4 Å². The van der Waals surface area contributed by atoms with Crippen LogP contribution < -0.4 is 10.6 Å². The third-order valence-electron chi connectivity index (χ3n) is 5.75. The average Bonchev–Trinajstić information content (AvgIpc) is 3.57. The number of hydroxylamine groups is 2. The van der Waals surface area contributed by atoms with Gasteiger partial charge in [0.25, 0.3) is 0 Å². The summed E-state index contributed by atoms with van der Waals surface area (Å²) in [6.07, 6.45) is -0.250. The molecule has 3 fully saturated rings. The molecular formula is C21H23N5O11S. The van der Waals surface area contributed by atoms with E-state index in [0.717, 1.165) is 6.26 Å². The number of urea groups is 2. The van der Waals surface area contributed by atoms with E-state index in [2.05, 4.69) is 10.6 Å². The quantitative estimate of drug-likeness (QED) is 0.375. The number of sulfonamides is 1. The van der Waals surface area contributed by atoms with Crippen LogP contribution in [0.15, 0.2) is 30.3 Å². The van der Waals surface area contributed by atoms with Gasteiger partial charge < -0.3 is 20.2 Å². The number of hydrogen-bond donors (Lipinski definition) is 2. The van der Waals surface area contributed by atoms with Gasteiger partial charge in [-0.25, -0.2) is 36.8 Å². The summed E-state index contributed by atoms with van der Waals surface area (Å²) in [6, 6.07) is 3.08. The molecule has 0 aliphatic carbocycles. The molecule has 3 heterocycles. The van der Waals surface area contributed by atoms with Crippen LogP contribution >= 0.6 is 0 Å². The van der Waals surface area contributed by atoms with Gasteiger partial charge in [0.1, 0.15) is 18.7 Å². The Bertz CT molecular complexity index is 1270. The third-order valence-corrected chi connectivity index (χ3v) is 6.89. The Morgan fingerprint density at radius 2 is 1.82 bits per heavy atom. The van der Waals surface area contributed by atoms with Crippen LogP contribution in [0.25, 0.3) is 0 Å². The molecule has 0 radical (unpaired) electrons. The zero-order chi connectivity index (χ0) is 27.6. The highest BCUT2D eigenvalue weighted by Gasteiger charge is 2.43. The minimum absolute atomic E-state index is 0.0230. The number of carbonyl (C=O) groups is 6. The Labute approximate surface area is 215 Å². The number of carbonyl (C=O) groups excluding carboxylic acids is 6. The normalized spacial score (nSPS) is 22.3. The fraction of sp³-hybridized carbons (Fsp3) is 0.429. The standard InChI is InChI=1S/C21H23N5O11S/c1-38(33,34)25-10-9-24(21(25)32)20(31)23-16(12-5-3-2-4-6-12)17(28)22-13-11-35-26(18(13)29)37-19(30)14-7-8-15(27)36-14/h2-6,13-14,16H,7-11H2,1H3,(H,22,28)(H,23,31)/t13-,14?,16?/m0/s1. The highest BCUT2D eigenvalue weighted by Crippen LogP contribution is 2.20. The van der Waals surface area contributed by atoms with Crippen LogP contribution in [0.2, 0.25) is 0 Å². The number of rotatable bonds is 7. The first-order valence-corrected chi connectivity index (χ1v) is 13.1. The van der Waals surface area contributed by atoms with E-state index in [1.165, 1.54) is 12.1 Å². The highest BCUT2D eigenvalue weighted by atomic mass is 32.2. The smallest absolute Gasteiger partial charge is 0.375 e. The van der Waals surface area contributed by atoms with Gasteiger partial charge in [-0.2, -0.15) is 0 Å². The van der Waals surface area contributed by atoms with Crippen LogP contribution in [0, 0.1) is 0 Å². The van der Waals surface area contributed by atoms with Gasteiger partial charge in [-0.3, -0.25) is 14.4 Å². The topological polar surface area (TPSA) is 198 Å². The number of nitrogens with zero attached hydrogens (tertiary/aromatic N) is 3. The van der Waals surface area contributed by atoms with Crippen molar-refractivity contribution >= 4 is 45.8 Å². The van der Waals surface area contributed by atoms with Crippen molar-refractivity contribution in [2.45, 2.75) is 31.0 Å². The third kappa shape index (κ3) is 5.67. The summed E-state index contributed by atoms with van der Waals surface area (Å²) in [6.45, 7) is -0.881. The van der Waals surface area contributed by atoms with Crippen LogP contribution in [0.4, 0.5) is 9.59 Å². The highest BCUT2D eigenvalue weighted by molar-refractivity contribution is 7.88. The summed E-state index contributed by atoms with van der Waals surface area (Å²) in [4.78, 5) is 84.8. The summed E-state index contributed by atoms with van der Waals surface area (Å²) >= 11 is 0. The summed E-state index contributed by atoms with van der Waals surface area (Å²) < 4.78 is 28.8. The molecule has 0 saturated carbocycles. The fourth-order valence-electron chi connectivity index (χ4n) is 3.83. The van der Waals surface area contributed by atoms with Crippen LogP contribution in [-0.4, -0.2) is 96.8 Å². The molecule has 2 unspecified atom stereocenters. The first kappa shape index (κ1) is 26.8. The minimum atomic E-state index is -3.89. The molecule has 1 aromatic rings. The van der Waals surface area contributed by atoms with Crippen molar-refractivity contribution in [3.05, 3.63) is 35.9 Å². The zero-order valence-electron chi connectivity index (χ0n) is 19.9. The monoisotopic (exact) mass is 553 g/mol. The lowest BCUT2D eigenvalue weighted by molar-refractivity contribution is -0.306. The van der Waals surface area contributed by atoms with E-state index in [4.69, 9.17) is 14.4 Å². The van der Waals surface area contributed by atoms with Crippen LogP contribution in [-0.2, 0) is 43.6 Å². The van der Waals surface area contributed by atoms with E-state index in [0.29, 0.717) is 14.8 Å². The Kier molecular flexibility index (Phi) is 7.49. The molecule has 1 aromatic carbocycles. The van der Waals surface area contributed by atoms with Gasteiger partial charge in [-0.15, -0.1) is 0 Å². The second-order valence-corrected chi connectivity index (χ2v) is 10.3. The summed E-state index contributed by atoms with van der Waals surface area (Å²) in [5.74, 6) is -3.41. The van der Waals surface area contributed by atoms with Gasteiger partial charge >= 0.3 is 29.9 Å². The predicted molar refractivity (Wildman–Crippen MR) is 121 cm³/mol. The van der Waals surface area contributed by atoms with Gasteiger partial charge in [0.2, 0.25) is 22.0 Å². The molecule has 3 atom stereocenters. The van der Waals surface area contributed by atoms with Crippen molar-refractivity contribution in [2.75, 3.05) is 26.0 Å². The second-order valence-electron chi connectivity index (χ2n) is 8.44. The van der Waals surface area contributed by atoms with E-state index in [-0.39, 0.29) is 31.2 Å². The van der Waals surface area contributed by atoms with Crippen LogP contribution in [0.5, 0.6) is 0 Å². The molecule has 3 saturated heterocycles. The molecule has 204 valence electrons. The minimum Gasteiger partial charge on any atom is -0.450 e. The molecule has 6 amide bonds. The maximum Gasteiger partial charge on any atom is 0.375 e. The summed E-state index contributed by atoms with van der Waals surface area (Å²) in [5.41, 5.74) is 0.294. The van der Waals surface area contributed by atoms with E-state index in [9.17, 15) is 37.2 Å². The lowest BCUT2D eigenvalue weighted by Crippen LogP contribution is -2.51. The lowest BCUT2D eigenvalue weighted by atomic mass is 10.1. The Morgan fingerprint density at radius 3 is 2.42 bits per heavy atom. The van der Waals surface area contributed by atoms with Crippen molar-refractivity contribution < 1.29 is 51.6 Å². The summed E-state index contributed by atoms with van der Waals surface area (Å²) in [5, 5.41) is 5.05. The molecule has 4 rings (SSSR count). The number of hydrogen-bond acceptors (Lipinski definition) is 11. The molecule has 3 aliphatic heterocycles. The van der Waals surface area contributed by atoms with Crippen molar-refractivity contribution in [3.8, 4) is 0 Å². The van der Waals surface area contributed by atoms with Gasteiger partial charge in [0, 0.05) is 12.8 Å². The number of nitrogens with one attached hydrogen (secondary N) is 2. The fourth-order valence-corrected chi connectivity index (χ4v) is 4.62. The largest absolute Gasteiger partial charge is 0.450 e. The van der Waals surface area contributed by atoms with E-state index in [1.54, 1.807) is 18.2 Å². The second kappa shape index (κ2) is 10.6. The van der Waals surface area contributed by atoms with Gasteiger partial charge in [0.15, 0.2) is 0 Å². The number of imide groups is 1. The molecule has 0 aromatic heterocycles. The Balaban J connectivity index is 1.41. The van der Waals surface area contributed by atoms with Crippen molar-refractivity contribution in [3.63, 3.8) is 0 Å². The van der Waals surface area contributed by atoms with Crippen molar-refractivity contribution in [2.24, 2.45) is 0 Å². The Hall–Kier alpha value is -4.25. The number of cyclic esters (lactones) is 1. The number of amides is 6. The molecule has 38 heavy (non-hydrogen) atoms. The van der Waals surface area contributed by atoms with Crippen molar-refractivity contribution in [1.82, 2.24) is 25.1 Å². The number of ether oxygens (including phenoxy) is 1. The molecule has 17 heteroatoms. The molecule has 2 N–H and O–H groups in total. The first-order chi connectivity index (χ1) is 18.0. The SMILES string of the molecule is CS(=O)(=O)N1CCN(C(=O)NC(C(=O)N[C@H]2CON(OC(=O)C3CCC(=O)O3)C2=O)c2ccccc2)C1=O.